The number of hydrogen-bond acceptors (Lipinski definition) is 3. The lowest BCUT2D eigenvalue weighted by Crippen LogP contribution is -2.24. The molecule has 17 heavy (non-hydrogen) atoms. The Labute approximate surface area is 104 Å². The lowest BCUT2D eigenvalue weighted by atomic mass is 10.1. The molecule has 0 fully saturated rings. The summed E-state index contributed by atoms with van der Waals surface area (Å²) in [4.78, 5) is 0. The molecule has 0 aliphatic carbocycles. The number of aliphatic hydroxyl groups excluding tert-OH is 1. The molecular formula is C14H23NO2. The molecule has 96 valence electrons. The maximum Gasteiger partial charge on any atom is 0.126 e. The summed E-state index contributed by atoms with van der Waals surface area (Å²) in [5.41, 5.74) is 2.23. The van der Waals surface area contributed by atoms with Crippen molar-refractivity contribution < 1.29 is 9.84 Å². The number of benzene rings is 1. The maximum atomic E-state index is 9.76. The number of rotatable bonds is 6. The van der Waals surface area contributed by atoms with Crippen molar-refractivity contribution in [1.29, 1.82) is 0 Å². The van der Waals surface area contributed by atoms with Gasteiger partial charge < -0.3 is 15.2 Å². The standard InChI is InChI=1S/C14H23NO2/c1-10(2)13(16)9-17-14-11(3)6-5-7-12(14)8-15-4/h5-7,10,13,15-16H,8-9H2,1-4H3. The van der Waals surface area contributed by atoms with Crippen molar-refractivity contribution in [2.24, 2.45) is 5.92 Å². The van der Waals surface area contributed by atoms with Gasteiger partial charge in [0.15, 0.2) is 0 Å². The largest absolute Gasteiger partial charge is 0.490 e. The highest BCUT2D eigenvalue weighted by molar-refractivity contribution is 5.40. The quantitative estimate of drug-likeness (QED) is 0.796. The van der Waals surface area contributed by atoms with Crippen LogP contribution < -0.4 is 10.1 Å². The lowest BCUT2D eigenvalue weighted by molar-refractivity contribution is 0.0694. The number of hydrogen-bond donors (Lipinski definition) is 2. The van der Waals surface area contributed by atoms with Crippen molar-refractivity contribution in [1.82, 2.24) is 5.32 Å². The van der Waals surface area contributed by atoms with Crippen LogP contribution in [0.2, 0.25) is 0 Å². The fourth-order valence-electron chi connectivity index (χ4n) is 1.61. The van der Waals surface area contributed by atoms with Crippen molar-refractivity contribution in [3.05, 3.63) is 29.3 Å². The van der Waals surface area contributed by atoms with Crippen LogP contribution in [0.15, 0.2) is 18.2 Å². The van der Waals surface area contributed by atoms with E-state index in [1.54, 1.807) is 0 Å². The van der Waals surface area contributed by atoms with Gasteiger partial charge in [0.05, 0.1) is 6.10 Å². The first-order valence-corrected chi connectivity index (χ1v) is 6.10. The van der Waals surface area contributed by atoms with Crippen molar-refractivity contribution in [3.8, 4) is 5.75 Å². The monoisotopic (exact) mass is 237 g/mol. The molecule has 0 aliphatic rings. The molecule has 1 aromatic rings. The van der Waals surface area contributed by atoms with Crippen LogP contribution in [0.3, 0.4) is 0 Å². The molecule has 0 spiro atoms. The normalized spacial score (nSPS) is 12.8. The van der Waals surface area contributed by atoms with Crippen molar-refractivity contribution in [2.45, 2.75) is 33.4 Å². The zero-order valence-corrected chi connectivity index (χ0v) is 11.2. The Hall–Kier alpha value is -1.06. The van der Waals surface area contributed by atoms with E-state index in [1.807, 2.05) is 46.0 Å². The molecule has 1 unspecified atom stereocenters. The molecule has 0 saturated carbocycles. The van der Waals surface area contributed by atoms with E-state index in [0.29, 0.717) is 6.61 Å². The first-order valence-electron chi connectivity index (χ1n) is 6.10. The third kappa shape index (κ3) is 4.02. The maximum absolute atomic E-state index is 9.76. The lowest BCUT2D eigenvalue weighted by Gasteiger charge is -2.18. The van der Waals surface area contributed by atoms with Gasteiger partial charge >= 0.3 is 0 Å². The van der Waals surface area contributed by atoms with Gasteiger partial charge in [-0.15, -0.1) is 0 Å². The first kappa shape index (κ1) is 14.0. The van der Waals surface area contributed by atoms with Crippen LogP contribution in [0.1, 0.15) is 25.0 Å². The van der Waals surface area contributed by atoms with Gasteiger partial charge in [0.25, 0.3) is 0 Å². The van der Waals surface area contributed by atoms with E-state index >= 15 is 0 Å². The Kier molecular flexibility index (Phi) is 5.45. The second kappa shape index (κ2) is 6.62. The van der Waals surface area contributed by atoms with Crippen LogP contribution in [0.4, 0.5) is 0 Å². The Bertz CT molecular complexity index is 350. The molecule has 0 amide bonds. The molecule has 0 aliphatic heterocycles. The van der Waals surface area contributed by atoms with Crippen molar-refractivity contribution in [2.75, 3.05) is 13.7 Å². The molecule has 0 saturated heterocycles. The molecule has 0 heterocycles. The summed E-state index contributed by atoms with van der Waals surface area (Å²) in [5, 5.41) is 12.9. The topological polar surface area (TPSA) is 41.5 Å². The number of para-hydroxylation sites is 1. The van der Waals surface area contributed by atoms with Crippen LogP contribution in [-0.4, -0.2) is 24.9 Å². The van der Waals surface area contributed by atoms with E-state index in [0.717, 1.165) is 23.4 Å². The van der Waals surface area contributed by atoms with Gasteiger partial charge in [-0.1, -0.05) is 32.0 Å². The van der Waals surface area contributed by atoms with Gasteiger partial charge in [-0.2, -0.15) is 0 Å². The predicted molar refractivity (Wildman–Crippen MR) is 70.3 cm³/mol. The number of nitrogens with one attached hydrogen (secondary N) is 1. The summed E-state index contributed by atoms with van der Waals surface area (Å²) in [5.74, 6) is 1.10. The van der Waals surface area contributed by atoms with E-state index in [-0.39, 0.29) is 5.92 Å². The van der Waals surface area contributed by atoms with Gasteiger partial charge in [-0.3, -0.25) is 0 Å². The van der Waals surface area contributed by atoms with Crippen LogP contribution >= 0.6 is 0 Å². The molecule has 0 radical (unpaired) electrons. The molecule has 2 N–H and O–H groups in total. The minimum absolute atomic E-state index is 0.215. The Balaban J connectivity index is 2.74. The average molecular weight is 237 g/mol. The summed E-state index contributed by atoms with van der Waals surface area (Å²) in [6.45, 7) is 7.12. The van der Waals surface area contributed by atoms with E-state index < -0.39 is 6.10 Å². The Morgan fingerprint density at radius 2 is 2.06 bits per heavy atom. The van der Waals surface area contributed by atoms with E-state index in [4.69, 9.17) is 4.74 Å². The van der Waals surface area contributed by atoms with Crippen molar-refractivity contribution in [3.63, 3.8) is 0 Å². The fraction of sp³-hybridized carbons (Fsp3) is 0.571. The smallest absolute Gasteiger partial charge is 0.126 e. The van der Waals surface area contributed by atoms with Gasteiger partial charge in [0.1, 0.15) is 12.4 Å². The minimum Gasteiger partial charge on any atom is -0.490 e. The minimum atomic E-state index is -0.419. The fourth-order valence-corrected chi connectivity index (χ4v) is 1.61. The van der Waals surface area contributed by atoms with Crippen LogP contribution in [0.25, 0.3) is 0 Å². The molecule has 1 atom stereocenters. The summed E-state index contributed by atoms with van der Waals surface area (Å²) in [6, 6.07) is 6.09. The first-order chi connectivity index (χ1) is 8.06. The van der Waals surface area contributed by atoms with Gasteiger partial charge in [-0.25, -0.2) is 0 Å². The number of aryl methyl sites for hydroxylation is 1. The van der Waals surface area contributed by atoms with E-state index in [1.165, 1.54) is 0 Å². The van der Waals surface area contributed by atoms with Crippen LogP contribution in [0.5, 0.6) is 5.75 Å². The Morgan fingerprint density at radius 3 is 2.65 bits per heavy atom. The third-order valence-electron chi connectivity index (χ3n) is 2.83. The molecule has 1 rings (SSSR count). The third-order valence-corrected chi connectivity index (χ3v) is 2.83. The highest BCUT2D eigenvalue weighted by Gasteiger charge is 2.12. The van der Waals surface area contributed by atoms with Crippen LogP contribution in [-0.2, 0) is 6.54 Å². The second-order valence-corrected chi connectivity index (χ2v) is 4.72. The summed E-state index contributed by atoms with van der Waals surface area (Å²) in [6.07, 6.45) is -0.419. The SMILES string of the molecule is CNCc1cccc(C)c1OCC(O)C(C)C. The summed E-state index contributed by atoms with van der Waals surface area (Å²) in [7, 11) is 1.91. The zero-order valence-electron chi connectivity index (χ0n) is 11.2. The summed E-state index contributed by atoms with van der Waals surface area (Å²) >= 11 is 0. The zero-order chi connectivity index (χ0) is 12.8. The van der Waals surface area contributed by atoms with Crippen LogP contribution in [0, 0.1) is 12.8 Å². The molecule has 3 nitrogen and oxygen atoms in total. The Morgan fingerprint density at radius 1 is 1.35 bits per heavy atom. The van der Waals surface area contributed by atoms with Gasteiger partial charge in [-0.05, 0) is 25.5 Å². The summed E-state index contributed by atoms with van der Waals surface area (Å²) < 4.78 is 5.75. The van der Waals surface area contributed by atoms with E-state index in [9.17, 15) is 5.11 Å². The molecule has 1 aromatic carbocycles. The molecular weight excluding hydrogens is 214 g/mol. The number of aliphatic hydroxyl groups is 1. The van der Waals surface area contributed by atoms with Gasteiger partial charge in [0.2, 0.25) is 0 Å². The highest BCUT2D eigenvalue weighted by atomic mass is 16.5. The molecule has 0 bridgehead atoms. The van der Waals surface area contributed by atoms with Crippen molar-refractivity contribution >= 4 is 0 Å². The molecule has 0 aromatic heterocycles. The highest BCUT2D eigenvalue weighted by Crippen LogP contribution is 2.23. The van der Waals surface area contributed by atoms with Gasteiger partial charge in [0, 0.05) is 12.1 Å². The second-order valence-electron chi connectivity index (χ2n) is 4.72. The predicted octanol–water partition coefficient (Wildman–Crippen LogP) is 2.11. The average Bonchev–Trinajstić information content (AvgIpc) is 2.28. The number of ether oxygens (including phenoxy) is 1. The molecule has 3 heteroatoms. The van der Waals surface area contributed by atoms with E-state index in [2.05, 4.69) is 5.32 Å².